The lowest BCUT2D eigenvalue weighted by atomic mass is 10.0. The summed E-state index contributed by atoms with van der Waals surface area (Å²) in [6.07, 6.45) is 3.22. The van der Waals surface area contributed by atoms with Crippen molar-refractivity contribution in [3.8, 4) is 11.5 Å². The van der Waals surface area contributed by atoms with E-state index in [1.807, 2.05) is 24.3 Å². The molecular weight excluding hydrogens is 602 g/mol. The molecule has 1 N–H and O–H groups in total. The van der Waals surface area contributed by atoms with Gasteiger partial charge >= 0.3 is 0 Å². The number of para-hydroxylation sites is 1. The second-order valence-corrected chi connectivity index (χ2v) is 11.3. The van der Waals surface area contributed by atoms with Gasteiger partial charge in [0.15, 0.2) is 11.5 Å². The zero-order chi connectivity index (χ0) is 32.3. The quantitative estimate of drug-likeness (QED) is 0.275. The number of pyridine rings is 1. The number of ether oxygens (including phenoxy) is 3. The van der Waals surface area contributed by atoms with Crippen LogP contribution in [0.3, 0.4) is 0 Å². The van der Waals surface area contributed by atoms with E-state index in [1.165, 1.54) is 4.90 Å². The van der Waals surface area contributed by atoms with Gasteiger partial charge in [0.05, 0.1) is 24.5 Å². The number of carbonyl (C=O) groups excluding carboxylic acids is 4. The summed E-state index contributed by atoms with van der Waals surface area (Å²) in [4.78, 5) is 63.4. The molecule has 4 aromatic rings. The first kappa shape index (κ1) is 29.9. The number of nitrogens with one attached hydrogen (secondary N) is 1. The normalized spacial score (nSPS) is 15.7. The third-order valence-electron chi connectivity index (χ3n) is 8.35. The van der Waals surface area contributed by atoms with Crippen molar-refractivity contribution in [2.24, 2.45) is 0 Å². The van der Waals surface area contributed by atoms with Gasteiger partial charge in [-0.25, -0.2) is 0 Å². The molecule has 12 heteroatoms. The average Bonchev–Trinajstić information content (AvgIpc) is 3.67. The molecule has 0 spiro atoms. The highest BCUT2D eigenvalue weighted by molar-refractivity contribution is 6.52. The number of rotatable bonds is 9. The van der Waals surface area contributed by atoms with Crippen LogP contribution in [-0.4, -0.2) is 73.0 Å². The molecule has 0 radical (unpaired) electrons. The van der Waals surface area contributed by atoms with Crippen LogP contribution >= 0.6 is 0 Å². The van der Waals surface area contributed by atoms with Crippen molar-refractivity contribution < 1.29 is 33.4 Å². The Hall–Kier alpha value is -5.75. The number of morpholine rings is 1. The molecule has 12 nitrogen and oxygen atoms in total. The first-order chi connectivity index (χ1) is 23.0. The molecule has 3 amide bonds. The maximum Gasteiger partial charge on any atom is 0.299 e. The van der Waals surface area contributed by atoms with Crippen molar-refractivity contribution >= 4 is 40.6 Å². The fraction of sp³-hybridized carbons (Fsp3) is 0.229. The molecule has 0 saturated carbocycles. The lowest BCUT2D eigenvalue weighted by Gasteiger charge is -2.33. The van der Waals surface area contributed by atoms with E-state index in [-0.39, 0.29) is 18.9 Å². The Morgan fingerprint density at radius 2 is 1.70 bits per heavy atom. The molecule has 4 heterocycles. The molecule has 3 aliphatic heterocycles. The molecular formula is C35H31N5O7. The van der Waals surface area contributed by atoms with E-state index < -0.39 is 36.1 Å². The van der Waals surface area contributed by atoms with Gasteiger partial charge in [-0.2, -0.15) is 0 Å². The summed E-state index contributed by atoms with van der Waals surface area (Å²) in [5.41, 5.74) is 3.27. The van der Waals surface area contributed by atoms with Crippen LogP contribution in [0.15, 0.2) is 91.3 Å². The Morgan fingerprint density at radius 3 is 2.49 bits per heavy atom. The maximum atomic E-state index is 14.3. The van der Waals surface area contributed by atoms with E-state index in [0.29, 0.717) is 47.2 Å². The van der Waals surface area contributed by atoms with Crippen LogP contribution in [-0.2, 0) is 25.7 Å². The number of hydrogen-bond donors (Lipinski definition) is 1. The molecule has 1 aromatic heterocycles. The molecule has 238 valence electrons. The second-order valence-electron chi connectivity index (χ2n) is 11.3. The minimum absolute atomic E-state index is 0.00715. The number of fused-ring (bicyclic) bond motifs is 2. The number of Topliss-reactive ketones (excluding diaryl/α,β-unsaturated/α-hetero) is 1. The fourth-order valence-corrected chi connectivity index (χ4v) is 5.99. The van der Waals surface area contributed by atoms with Crippen molar-refractivity contribution in [1.29, 1.82) is 0 Å². The number of carbonyl (C=O) groups is 4. The van der Waals surface area contributed by atoms with E-state index in [1.54, 1.807) is 67.0 Å². The maximum absolute atomic E-state index is 14.3. The van der Waals surface area contributed by atoms with Crippen molar-refractivity contribution in [3.05, 3.63) is 108 Å². The molecule has 0 bridgehead atoms. The van der Waals surface area contributed by atoms with Gasteiger partial charge in [0.25, 0.3) is 17.6 Å². The van der Waals surface area contributed by atoms with E-state index in [2.05, 4.69) is 15.2 Å². The Morgan fingerprint density at radius 1 is 0.915 bits per heavy atom. The lowest BCUT2D eigenvalue weighted by Crippen LogP contribution is -2.46. The highest BCUT2D eigenvalue weighted by Crippen LogP contribution is 2.37. The largest absolute Gasteiger partial charge is 0.454 e. The van der Waals surface area contributed by atoms with Crippen molar-refractivity contribution in [1.82, 2.24) is 9.88 Å². The predicted octanol–water partition coefficient (Wildman–Crippen LogP) is 3.59. The number of hydrogen-bond acceptors (Lipinski definition) is 9. The molecule has 7 rings (SSSR count). The van der Waals surface area contributed by atoms with Crippen molar-refractivity contribution in [3.63, 3.8) is 0 Å². The lowest BCUT2D eigenvalue weighted by molar-refractivity contribution is -0.139. The topological polar surface area (TPSA) is 131 Å². The summed E-state index contributed by atoms with van der Waals surface area (Å²) in [5.74, 6) is -1.55. The molecule has 0 aliphatic carbocycles. The summed E-state index contributed by atoms with van der Waals surface area (Å²) in [6.45, 7) is 2.43. The number of nitrogens with zero attached hydrogens (tertiary/aromatic N) is 4. The number of anilines is 3. The average molecular weight is 634 g/mol. The SMILES string of the molecule is O=C1C(=O)N(CC(=O)N(Cc2cccnc2)[C@@H](C(=O)Nc2ccc(N3CCOCC3)cc2)c2ccc3c(c2)OCO3)c2ccccc21. The Kier molecular flexibility index (Phi) is 8.23. The monoisotopic (exact) mass is 633 g/mol. The van der Waals surface area contributed by atoms with Crippen LogP contribution in [0.2, 0.25) is 0 Å². The summed E-state index contributed by atoms with van der Waals surface area (Å²) < 4.78 is 16.6. The smallest absolute Gasteiger partial charge is 0.299 e. The third kappa shape index (κ3) is 6.10. The minimum atomic E-state index is -1.17. The van der Waals surface area contributed by atoms with Gasteiger partial charge in [-0.1, -0.05) is 24.3 Å². The van der Waals surface area contributed by atoms with Gasteiger partial charge in [0.2, 0.25) is 12.7 Å². The van der Waals surface area contributed by atoms with Gasteiger partial charge in [-0.15, -0.1) is 0 Å². The number of benzene rings is 3. The zero-order valence-electron chi connectivity index (χ0n) is 25.3. The highest BCUT2D eigenvalue weighted by Gasteiger charge is 2.40. The molecule has 47 heavy (non-hydrogen) atoms. The standard InChI is InChI=1S/C35H31N5O7/c41-31(21-39-28-6-2-1-5-27(28)33(42)35(39)44)40(20-23-4-3-13-36-19-23)32(24-7-12-29-30(18-24)47-22-46-29)34(43)37-25-8-10-26(11-9-25)38-14-16-45-17-15-38/h1-13,18-19,32H,14-17,20-22H2,(H,37,43)/t32-/m1/s1. The molecule has 1 saturated heterocycles. The van der Waals surface area contributed by atoms with Gasteiger partial charge in [0.1, 0.15) is 12.6 Å². The van der Waals surface area contributed by atoms with Crippen LogP contribution in [0.5, 0.6) is 11.5 Å². The minimum Gasteiger partial charge on any atom is -0.454 e. The van der Waals surface area contributed by atoms with Crippen LogP contribution in [0.25, 0.3) is 0 Å². The Bertz CT molecular complexity index is 1830. The van der Waals surface area contributed by atoms with Gasteiger partial charge < -0.3 is 29.3 Å². The Balaban J connectivity index is 1.23. The summed E-state index contributed by atoms with van der Waals surface area (Å²) in [7, 11) is 0. The summed E-state index contributed by atoms with van der Waals surface area (Å²) in [5, 5.41) is 2.99. The van der Waals surface area contributed by atoms with Crippen molar-refractivity contribution in [2.75, 3.05) is 54.8 Å². The molecule has 0 unspecified atom stereocenters. The van der Waals surface area contributed by atoms with Gasteiger partial charge in [-0.3, -0.25) is 29.1 Å². The molecule has 1 atom stereocenters. The predicted molar refractivity (Wildman–Crippen MR) is 171 cm³/mol. The Labute approximate surface area is 270 Å². The first-order valence-corrected chi connectivity index (χ1v) is 15.2. The van der Waals surface area contributed by atoms with E-state index in [4.69, 9.17) is 14.2 Å². The summed E-state index contributed by atoms with van der Waals surface area (Å²) >= 11 is 0. The molecule has 3 aromatic carbocycles. The van der Waals surface area contributed by atoms with Crippen LogP contribution in [0, 0.1) is 0 Å². The molecule has 3 aliphatic rings. The van der Waals surface area contributed by atoms with E-state index in [9.17, 15) is 19.2 Å². The van der Waals surface area contributed by atoms with E-state index >= 15 is 0 Å². The number of aromatic nitrogens is 1. The van der Waals surface area contributed by atoms with Crippen LogP contribution in [0.1, 0.15) is 27.5 Å². The van der Waals surface area contributed by atoms with Crippen LogP contribution < -0.4 is 24.6 Å². The van der Waals surface area contributed by atoms with Gasteiger partial charge in [-0.05, 0) is 65.7 Å². The number of ketones is 1. The highest BCUT2D eigenvalue weighted by atomic mass is 16.7. The van der Waals surface area contributed by atoms with Crippen LogP contribution in [0.4, 0.5) is 17.1 Å². The van der Waals surface area contributed by atoms with Crippen molar-refractivity contribution in [2.45, 2.75) is 12.6 Å². The summed E-state index contributed by atoms with van der Waals surface area (Å²) in [6, 6.07) is 21.5. The first-order valence-electron chi connectivity index (χ1n) is 15.2. The third-order valence-corrected chi connectivity index (χ3v) is 8.35. The fourth-order valence-electron chi connectivity index (χ4n) is 5.99. The second kappa shape index (κ2) is 12.9. The zero-order valence-corrected chi connectivity index (χ0v) is 25.3. The number of amides is 3. The van der Waals surface area contributed by atoms with Gasteiger partial charge in [0, 0.05) is 43.4 Å². The molecule has 1 fully saturated rings. The van der Waals surface area contributed by atoms with E-state index in [0.717, 1.165) is 23.7 Å².